The number of unbranched alkanes of at least 4 members (excludes halogenated alkanes) is 1. The van der Waals surface area contributed by atoms with Gasteiger partial charge in [0, 0.05) is 11.3 Å². The molecule has 1 amide bonds. The molecule has 9 nitrogen and oxygen atoms in total. The normalized spacial score (nSPS) is 11.4. The summed E-state index contributed by atoms with van der Waals surface area (Å²) in [6.07, 6.45) is -4.05. The van der Waals surface area contributed by atoms with E-state index in [1.54, 1.807) is 0 Å². The van der Waals surface area contributed by atoms with Crippen LogP contribution in [0, 0.1) is 0 Å². The summed E-state index contributed by atoms with van der Waals surface area (Å²) in [5, 5.41) is 1.86. The van der Waals surface area contributed by atoms with Gasteiger partial charge in [-0.15, -0.1) is 13.2 Å². The van der Waals surface area contributed by atoms with Gasteiger partial charge in [0.05, 0.1) is 23.8 Å². The molecule has 0 radical (unpaired) electrons. The van der Waals surface area contributed by atoms with E-state index in [1.807, 2.05) is 6.92 Å². The van der Waals surface area contributed by atoms with Gasteiger partial charge in [-0.05, 0) is 55.0 Å². The van der Waals surface area contributed by atoms with Crippen LogP contribution in [-0.2, 0) is 19.6 Å². The van der Waals surface area contributed by atoms with Gasteiger partial charge >= 0.3 is 12.5 Å². The highest BCUT2D eigenvalue weighted by Gasteiger charge is 2.31. The first kappa shape index (κ1) is 29.0. The number of carbonyl (C=O) groups is 3. The van der Waals surface area contributed by atoms with Crippen molar-refractivity contribution in [2.45, 2.75) is 31.0 Å². The fourth-order valence-corrected chi connectivity index (χ4v) is 4.24. The van der Waals surface area contributed by atoms with Crippen LogP contribution < -0.4 is 14.8 Å². The maximum atomic E-state index is 12.5. The molecule has 0 saturated carbocycles. The minimum Gasteiger partial charge on any atom is -0.450 e. The second-order valence-electron chi connectivity index (χ2n) is 7.13. The van der Waals surface area contributed by atoms with Gasteiger partial charge in [-0.3, -0.25) is 14.3 Å². The Bertz CT molecular complexity index is 1150. The Morgan fingerprint density at radius 3 is 2.22 bits per heavy atom. The smallest absolute Gasteiger partial charge is 0.450 e. The van der Waals surface area contributed by atoms with Gasteiger partial charge in [0.25, 0.3) is 10.0 Å². The standard InChI is InChI=1S/C22H23F3N2O7S2/c1-2-3-12-33-21(30)26-13-20(29)35-14-19(28)15-4-6-16(7-5-15)27-36(31,32)18-10-8-17(9-11-18)34-22(23,24)25/h4-11,27H,2-3,12-14H2,1H3,(H,26,30). The molecular formula is C22H23F3N2O7S2. The number of carbonyl (C=O) groups excluding carboxylic acids is 3. The van der Waals surface area contributed by atoms with Gasteiger partial charge in [-0.2, -0.15) is 0 Å². The minimum atomic E-state index is -4.90. The molecule has 2 rings (SSSR count). The zero-order valence-electron chi connectivity index (χ0n) is 19.0. The summed E-state index contributed by atoms with van der Waals surface area (Å²) >= 11 is 0.715. The van der Waals surface area contributed by atoms with Gasteiger partial charge in [-0.1, -0.05) is 25.1 Å². The fraction of sp³-hybridized carbons (Fsp3) is 0.318. The highest BCUT2D eigenvalue weighted by Crippen LogP contribution is 2.25. The van der Waals surface area contributed by atoms with Crippen molar-refractivity contribution in [3.63, 3.8) is 0 Å². The number of nitrogens with one attached hydrogen (secondary N) is 2. The van der Waals surface area contributed by atoms with Crippen molar-refractivity contribution in [1.29, 1.82) is 0 Å². The number of thioether (sulfide) groups is 1. The Balaban J connectivity index is 1.85. The van der Waals surface area contributed by atoms with E-state index in [0.717, 1.165) is 30.7 Å². The zero-order valence-corrected chi connectivity index (χ0v) is 20.6. The van der Waals surface area contributed by atoms with E-state index < -0.39 is 39.1 Å². The summed E-state index contributed by atoms with van der Waals surface area (Å²) in [5.74, 6) is -1.15. The zero-order chi connectivity index (χ0) is 26.8. The third-order valence-electron chi connectivity index (χ3n) is 4.30. The third kappa shape index (κ3) is 10.2. The summed E-state index contributed by atoms with van der Waals surface area (Å²) in [6.45, 7) is 1.89. The summed E-state index contributed by atoms with van der Waals surface area (Å²) in [5.41, 5.74) is 0.329. The van der Waals surface area contributed by atoms with Crippen LogP contribution in [-0.4, -0.2) is 50.7 Å². The summed E-state index contributed by atoms with van der Waals surface area (Å²) < 4.78 is 72.4. The molecule has 0 atom stereocenters. The monoisotopic (exact) mass is 548 g/mol. The molecule has 0 unspecified atom stereocenters. The van der Waals surface area contributed by atoms with Crippen LogP contribution in [0.3, 0.4) is 0 Å². The largest absolute Gasteiger partial charge is 0.573 e. The van der Waals surface area contributed by atoms with Crippen molar-refractivity contribution < 1.29 is 45.4 Å². The number of hydrogen-bond acceptors (Lipinski definition) is 8. The number of alkyl halides is 3. The Morgan fingerprint density at radius 1 is 1.00 bits per heavy atom. The molecule has 2 aromatic carbocycles. The quantitative estimate of drug-likeness (QED) is 0.296. The Hall–Kier alpha value is -3.26. The number of amides is 1. The summed E-state index contributed by atoms with van der Waals surface area (Å²) in [7, 11) is -4.11. The van der Waals surface area contributed by atoms with Crippen molar-refractivity contribution in [2.24, 2.45) is 0 Å². The first-order valence-electron chi connectivity index (χ1n) is 10.5. The molecule has 0 aliphatic carbocycles. The van der Waals surface area contributed by atoms with E-state index in [1.165, 1.54) is 24.3 Å². The molecule has 0 fully saturated rings. The Morgan fingerprint density at radius 2 is 1.64 bits per heavy atom. The molecule has 0 heterocycles. The molecule has 2 N–H and O–H groups in total. The van der Waals surface area contributed by atoms with Crippen LogP contribution in [0.4, 0.5) is 23.7 Å². The maximum absolute atomic E-state index is 12.5. The molecule has 0 spiro atoms. The SMILES string of the molecule is CCCCOC(=O)NCC(=O)SCC(=O)c1ccc(NS(=O)(=O)c2ccc(OC(F)(F)F)cc2)cc1. The van der Waals surface area contributed by atoms with E-state index in [9.17, 15) is 36.0 Å². The van der Waals surface area contributed by atoms with Crippen molar-refractivity contribution in [2.75, 3.05) is 23.6 Å². The number of ether oxygens (including phenoxy) is 2. The van der Waals surface area contributed by atoms with Crippen molar-refractivity contribution in [1.82, 2.24) is 5.32 Å². The van der Waals surface area contributed by atoms with Crippen molar-refractivity contribution in [3.8, 4) is 5.75 Å². The lowest BCUT2D eigenvalue weighted by molar-refractivity contribution is -0.274. The summed E-state index contributed by atoms with van der Waals surface area (Å²) in [6, 6.07) is 9.01. The van der Waals surface area contributed by atoms with Gasteiger partial charge in [0.1, 0.15) is 5.75 Å². The van der Waals surface area contributed by atoms with E-state index in [4.69, 9.17) is 4.74 Å². The topological polar surface area (TPSA) is 128 Å². The van der Waals surface area contributed by atoms with Crippen LogP contribution in [0.15, 0.2) is 53.4 Å². The molecule has 36 heavy (non-hydrogen) atoms. The number of benzene rings is 2. The van der Waals surface area contributed by atoms with E-state index in [0.29, 0.717) is 18.2 Å². The first-order valence-corrected chi connectivity index (χ1v) is 12.9. The highest BCUT2D eigenvalue weighted by atomic mass is 32.2. The molecule has 14 heteroatoms. The second kappa shape index (κ2) is 13.2. The number of Topliss-reactive ketones (excluding diaryl/α,β-unsaturated/α-hetero) is 1. The van der Waals surface area contributed by atoms with Crippen molar-refractivity contribution >= 4 is 44.5 Å². The first-order chi connectivity index (χ1) is 16.9. The third-order valence-corrected chi connectivity index (χ3v) is 6.57. The molecule has 196 valence electrons. The molecule has 0 aromatic heterocycles. The van der Waals surface area contributed by atoms with E-state index in [-0.39, 0.29) is 35.1 Å². The average molecular weight is 549 g/mol. The predicted octanol–water partition coefficient (Wildman–Crippen LogP) is 4.35. The average Bonchev–Trinajstić information content (AvgIpc) is 2.81. The number of rotatable bonds is 12. The van der Waals surface area contributed by atoms with Gasteiger partial charge in [0.15, 0.2) is 5.78 Å². The molecule has 0 aliphatic heterocycles. The van der Waals surface area contributed by atoms with Gasteiger partial charge < -0.3 is 14.8 Å². The molecule has 2 aromatic rings. The Kier molecular flexibility index (Phi) is 10.6. The Labute approximate surface area is 209 Å². The van der Waals surface area contributed by atoms with Crippen LogP contribution in [0.1, 0.15) is 30.1 Å². The number of ketones is 1. The predicted molar refractivity (Wildman–Crippen MR) is 126 cm³/mol. The lowest BCUT2D eigenvalue weighted by Crippen LogP contribution is -2.29. The number of halogens is 3. The van der Waals surface area contributed by atoms with Crippen LogP contribution in [0.25, 0.3) is 0 Å². The molecule has 0 saturated heterocycles. The highest BCUT2D eigenvalue weighted by molar-refractivity contribution is 8.14. The van der Waals surface area contributed by atoms with E-state index >= 15 is 0 Å². The maximum Gasteiger partial charge on any atom is 0.573 e. The van der Waals surface area contributed by atoms with Crippen LogP contribution in [0.2, 0.25) is 0 Å². The molecular weight excluding hydrogens is 525 g/mol. The van der Waals surface area contributed by atoms with Gasteiger partial charge in [-0.25, -0.2) is 13.2 Å². The van der Waals surface area contributed by atoms with Gasteiger partial charge in [0.2, 0.25) is 5.12 Å². The number of alkyl carbamates (subject to hydrolysis) is 1. The molecule has 0 bridgehead atoms. The van der Waals surface area contributed by atoms with Crippen LogP contribution >= 0.6 is 11.8 Å². The lowest BCUT2D eigenvalue weighted by atomic mass is 10.1. The summed E-state index contributed by atoms with van der Waals surface area (Å²) in [4.78, 5) is 35.3. The molecule has 0 aliphatic rings. The lowest BCUT2D eigenvalue weighted by Gasteiger charge is -2.11. The van der Waals surface area contributed by atoms with E-state index in [2.05, 4.69) is 14.8 Å². The number of sulfonamides is 1. The van der Waals surface area contributed by atoms with Crippen molar-refractivity contribution in [3.05, 3.63) is 54.1 Å². The minimum absolute atomic E-state index is 0.108. The second-order valence-corrected chi connectivity index (χ2v) is 9.84. The number of anilines is 1. The van der Waals surface area contributed by atoms with Crippen LogP contribution in [0.5, 0.6) is 5.75 Å². The fourth-order valence-electron chi connectivity index (χ4n) is 2.54. The number of hydrogen-bond donors (Lipinski definition) is 2.